The molecule has 1 aromatic heterocycles. The molecule has 1 N–H and O–H groups in total. The molecule has 1 saturated carbocycles. The summed E-state index contributed by atoms with van der Waals surface area (Å²) in [5.74, 6) is 1.77. The first-order valence-electron chi connectivity index (χ1n) is 6.23. The molecule has 2 nitrogen and oxygen atoms in total. The monoisotopic (exact) mass is 214 g/mol. The Balaban J connectivity index is 1.43. The minimum absolute atomic E-state index is 0.729. The van der Waals surface area contributed by atoms with Gasteiger partial charge in [0.2, 0.25) is 0 Å². The smallest absolute Gasteiger partial charge is 0.0416 e. The van der Waals surface area contributed by atoms with Gasteiger partial charge in [0.15, 0.2) is 0 Å². The molecule has 3 atom stereocenters. The van der Waals surface area contributed by atoms with E-state index in [-0.39, 0.29) is 0 Å². The number of allylic oxidation sites excluding steroid dienone is 1. The summed E-state index contributed by atoms with van der Waals surface area (Å²) < 4.78 is 0. The van der Waals surface area contributed by atoms with Crippen molar-refractivity contribution in [2.24, 2.45) is 11.8 Å². The first kappa shape index (κ1) is 10.0. The lowest BCUT2D eigenvalue weighted by atomic mass is 9.71. The highest BCUT2D eigenvalue weighted by Crippen LogP contribution is 2.42. The molecule has 2 heteroatoms. The Labute approximate surface area is 96.8 Å². The van der Waals surface area contributed by atoms with E-state index in [0.29, 0.717) is 0 Å². The Morgan fingerprint density at radius 2 is 2.38 bits per heavy atom. The van der Waals surface area contributed by atoms with E-state index in [1.54, 1.807) is 0 Å². The third-order valence-electron chi connectivity index (χ3n) is 3.88. The highest BCUT2D eigenvalue weighted by atomic mass is 14.9. The number of nitrogens with one attached hydrogen (secondary N) is 1. The van der Waals surface area contributed by atoms with E-state index in [1.807, 2.05) is 12.3 Å². The maximum absolute atomic E-state index is 4.33. The van der Waals surface area contributed by atoms with E-state index < -0.39 is 0 Å². The second-order valence-electron chi connectivity index (χ2n) is 4.87. The van der Waals surface area contributed by atoms with Gasteiger partial charge in [-0.3, -0.25) is 4.98 Å². The van der Waals surface area contributed by atoms with Gasteiger partial charge < -0.3 is 5.32 Å². The summed E-state index contributed by atoms with van der Waals surface area (Å²) >= 11 is 0. The Morgan fingerprint density at radius 3 is 3.19 bits per heavy atom. The fourth-order valence-corrected chi connectivity index (χ4v) is 2.88. The average Bonchev–Trinajstić information content (AvgIpc) is 2.67. The normalized spacial score (nSPS) is 31.1. The standard InChI is InChI=1S/C14H18N2/c1-2-8-15-12(5-1)7-9-16-14-10-11-4-3-6-13(11)14/h1-3,5-6,8,11,13-14,16H,4,7,9-10H2. The number of rotatable bonds is 4. The molecule has 0 aromatic carbocycles. The van der Waals surface area contributed by atoms with Crippen LogP contribution in [0.5, 0.6) is 0 Å². The van der Waals surface area contributed by atoms with Crippen molar-refractivity contribution >= 4 is 0 Å². The lowest BCUT2D eigenvalue weighted by Crippen LogP contribution is -2.48. The lowest BCUT2D eigenvalue weighted by molar-refractivity contribution is 0.164. The number of nitrogens with zero attached hydrogens (tertiary/aromatic N) is 1. The van der Waals surface area contributed by atoms with E-state index in [9.17, 15) is 0 Å². The third kappa shape index (κ3) is 1.90. The molecule has 3 unspecified atom stereocenters. The largest absolute Gasteiger partial charge is 0.313 e. The second-order valence-corrected chi connectivity index (χ2v) is 4.87. The van der Waals surface area contributed by atoms with Crippen LogP contribution in [0.25, 0.3) is 0 Å². The van der Waals surface area contributed by atoms with Crippen LogP contribution in [0, 0.1) is 11.8 Å². The van der Waals surface area contributed by atoms with Crippen LogP contribution < -0.4 is 5.32 Å². The number of pyridine rings is 1. The van der Waals surface area contributed by atoms with E-state index in [2.05, 4.69) is 34.6 Å². The first-order valence-corrected chi connectivity index (χ1v) is 6.23. The van der Waals surface area contributed by atoms with Gasteiger partial charge in [0, 0.05) is 30.9 Å². The predicted molar refractivity (Wildman–Crippen MR) is 65.1 cm³/mol. The number of aromatic nitrogens is 1. The molecule has 3 rings (SSSR count). The van der Waals surface area contributed by atoms with Crippen molar-refractivity contribution < 1.29 is 0 Å². The zero-order valence-electron chi connectivity index (χ0n) is 9.47. The summed E-state index contributed by atoms with van der Waals surface area (Å²) in [6, 6.07) is 6.85. The average molecular weight is 214 g/mol. The quantitative estimate of drug-likeness (QED) is 0.777. The van der Waals surface area contributed by atoms with Crippen LogP contribution in [0.4, 0.5) is 0 Å². The summed E-state index contributed by atoms with van der Waals surface area (Å²) in [7, 11) is 0. The zero-order valence-corrected chi connectivity index (χ0v) is 9.47. The first-order chi connectivity index (χ1) is 7.93. The van der Waals surface area contributed by atoms with Gasteiger partial charge >= 0.3 is 0 Å². The summed E-state index contributed by atoms with van der Waals surface area (Å²) in [5.41, 5.74) is 1.19. The van der Waals surface area contributed by atoms with Gasteiger partial charge in [-0.25, -0.2) is 0 Å². The molecule has 0 amide bonds. The highest BCUT2D eigenvalue weighted by Gasteiger charge is 2.40. The van der Waals surface area contributed by atoms with Crippen LogP contribution in [-0.2, 0) is 6.42 Å². The van der Waals surface area contributed by atoms with Crippen molar-refractivity contribution in [1.29, 1.82) is 0 Å². The molecule has 0 bridgehead atoms. The van der Waals surface area contributed by atoms with E-state index in [4.69, 9.17) is 0 Å². The molecule has 0 radical (unpaired) electrons. The van der Waals surface area contributed by atoms with Crippen LogP contribution in [0.1, 0.15) is 18.5 Å². The molecule has 84 valence electrons. The zero-order chi connectivity index (χ0) is 10.8. The van der Waals surface area contributed by atoms with Crippen molar-refractivity contribution in [2.75, 3.05) is 6.54 Å². The molecular weight excluding hydrogens is 196 g/mol. The van der Waals surface area contributed by atoms with Gasteiger partial charge in [0.1, 0.15) is 0 Å². The van der Waals surface area contributed by atoms with Crippen LogP contribution in [0.2, 0.25) is 0 Å². The number of hydrogen-bond donors (Lipinski definition) is 1. The van der Waals surface area contributed by atoms with Gasteiger partial charge in [-0.2, -0.15) is 0 Å². The van der Waals surface area contributed by atoms with Gasteiger partial charge in [-0.15, -0.1) is 0 Å². The molecule has 0 saturated heterocycles. The topological polar surface area (TPSA) is 24.9 Å². The van der Waals surface area contributed by atoms with Gasteiger partial charge in [-0.05, 0) is 36.8 Å². The molecule has 16 heavy (non-hydrogen) atoms. The predicted octanol–water partition coefficient (Wildman–Crippen LogP) is 2.18. The molecule has 2 aliphatic carbocycles. The van der Waals surface area contributed by atoms with Crippen molar-refractivity contribution in [3.63, 3.8) is 0 Å². The van der Waals surface area contributed by atoms with Crippen LogP contribution in [-0.4, -0.2) is 17.6 Å². The minimum Gasteiger partial charge on any atom is -0.313 e. The third-order valence-corrected chi connectivity index (χ3v) is 3.88. The van der Waals surface area contributed by atoms with E-state index >= 15 is 0 Å². The maximum Gasteiger partial charge on any atom is 0.0416 e. The van der Waals surface area contributed by atoms with Crippen molar-refractivity contribution in [1.82, 2.24) is 10.3 Å². The molecule has 1 heterocycles. The van der Waals surface area contributed by atoms with Gasteiger partial charge in [0.25, 0.3) is 0 Å². The SMILES string of the molecule is C1=CC2C(C1)CC2NCCc1ccccn1. The fraction of sp³-hybridized carbons (Fsp3) is 0.500. The summed E-state index contributed by atoms with van der Waals surface area (Å²) in [4.78, 5) is 4.33. The minimum atomic E-state index is 0.729. The number of fused-ring (bicyclic) bond motifs is 1. The summed E-state index contributed by atoms with van der Waals surface area (Å²) in [5, 5.41) is 3.65. The summed E-state index contributed by atoms with van der Waals surface area (Å²) in [6.45, 7) is 1.05. The van der Waals surface area contributed by atoms with Crippen LogP contribution in [0.3, 0.4) is 0 Å². The van der Waals surface area contributed by atoms with E-state index in [1.165, 1.54) is 18.5 Å². The molecular formula is C14H18N2. The maximum atomic E-state index is 4.33. The molecule has 0 aliphatic heterocycles. The van der Waals surface area contributed by atoms with Crippen LogP contribution >= 0.6 is 0 Å². The van der Waals surface area contributed by atoms with Gasteiger partial charge in [0.05, 0.1) is 0 Å². The van der Waals surface area contributed by atoms with E-state index in [0.717, 1.165) is 30.8 Å². The Kier molecular flexibility index (Phi) is 2.75. The Bertz CT molecular complexity index is 372. The number of hydrogen-bond acceptors (Lipinski definition) is 2. The Hall–Kier alpha value is -1.15. The van der Waals surface area contributed by atoms with Crippen molar-refractivity contribution in [3.8, 4) is 0 Å². The second kappa shape index (κ2) is 4.38. The lowest BCUT2D eigenvalue weighted by Gasteiger charge is -2.40. The summed E-state index contributed by atoms with van der Waals surface area (Å²) in [6.07, 6.45) is 10.3. The van der Waals surface area contributed by atoms with Crippen molar-refractivity contribution in [3.05, 3.63) is 42.2 Å². The van der Waals surface area contributed by atoms with Crippen LogP contribution in [0.15, 0.2) is 36.5 Å². The fourth-order valence-electron chi connectivity index (χ4n) is 2.88. The molecule has 1 aromatic rings. The highest BCUT2D eigenvalue weighted by molar-refractivity contribution is 5.13. The Morgan fingerprint density at radius 1 is 1.38 bits per heavy atom. The van der Waals surface area contributed by atoms with Crippen molar-refractivity contribution in [2.45, 2.75) is 25.3 Å². The molecule has 1 fully saturated rings. The van der Waals surface area contributed by atoms with Gasteiger partial charge in [-0.1, -0.05) is 18.2 Å². The molecule has 0 spiro atoms. The molecule has 2 aliphatic rings.